The third-order valence-corrected chi connectivity index (χ3v) is 3.00. The number of carboxylic acid groups (broad SMARTS) is 1. The van der Waals surface area contributed by atoms with E-state index < -0.39 is 17.6 Å². The van der Waals surface area contributed by atoms with Crippen LogP contribution in [0.5, 0.6) is 0 Å². The lowest BCUT2D eigenvalue weighted by Gasteiger charge is -2.40. The predicted octanol–water partition coefficient (Wildman–Crippen LogP) is 0.975. The maximum Gasteiger partial charge on any atom is 0.324 e. The van der Waals surface area contributed by atoms with Gasteiger partial charge >= 0.3 is 5.97 Å². The van der Waals surface area contributed by atoms with Gasteiger partial charge in [-0.25, -0.2) is 0 Å². The van der Waals surface area contributed by atoms with Crippen LogP contribution in [0, 0.1) is 0 Å². The molecule has 1 saturated heterocycles. The van der Waals surface area contributed by atoms with Crippen LogP contribution in [-0.2, 0) is 15.1 Å². The molecule has 2 unspecified atom stereocenters. The van der Waals surface area contributed by atoms with E-state index in [0.717, 1.165) is 5.56 Å². The summed E-state index contributed by atoms with van der Waals surface area (Å²) in [4.78, 5) is 11.2. The fourth-order valence-electron chi connectivity index (χ4n) is 2.09. The highest BCUT2D eigenvalue weighted by Crippen LogP contribution is 2.31. The molecule has 1 aromatic carbocycles. The minimum absolute atomic E-state index is 0.523. The van der Waals surface area contributed by atoms with E-state index in [1.807, 2.05) is 37.3 Å². The van der Waals surface area contributed by atoms with Crippen molar-refractivity contribution >= 4 is 5.97 Å². The van der Waals surface area contributed by atoms with Crippen LogP contribution < -0.4 is 5.32 Å². The Labute approximate surface area is 94.2 Å². The maximum absolute atomic E-state index is 11.2. The summed E-state index contributed by atoms with van der Waals surface area (Å²) >= 11 is 0. The van der Waals surface area contributed by atoms with Crippen molar-refractivity contribution in [1.29, 1.82) is 0 Å². The van der Waals surface area contributed by atoms with E-state index in [0.29, 0.717) is 13.2 Å². The molecule has 0 amide bonds. The van der Waals surface area contributed by atoms with Gasteiger partial charge in [0.15, 0.2) is 0 Å². The van der Waals surface area contributed by atoms with Crippen LogP contribution in [0.2, 0.25) is 0 Å². The highest BCUT2D eigenvalue weighted by atomic mass is 16.5. The molecular formula is C12H15NO3. The number of ether oxygens (including phenoxy) is 1. The average Bonchev–Trinajstić information content (AvgIpc) is 2.30. The van der Waals surface area contributed by atoms with Gasteiger partial charge < -0.3 is 9.84 Å². The molecule has 4 nitrogen and oxygen atoms in total. The Kier molecular flexibility index (Phi) is 2.94. The molecule has 2 atom stereocenters. The first-order valence-electron chi connectivity index (χ1n) is 5.30. The highest BCUT2D eigenvalue weighted by molar-refractivity contribution is 5.75. The fraction of sp³-hybridized carbons (Fsp3) is 0.417. The second kappa shape index (κ2) is 4.23. The summed E-state index contributed by atoms with van der Waals surface area (Å²) in [5.74, 6) is -0.883. The van der Waals surface area contributed by atoms with Crippen molar-refractivity contribution in [3.63, 3.8) is 0 Å². The number of hydrogen-bond donors (Lipinski definition) is 2. The van der Waals surface area contributed by atoms with Crippen LogP contribution >= 0.6 is 0 Å². The molecule has 0 radical (unpaired) electrons. The molecule has 16 heavy (non-hydrogen) atoms. The molecule has 1 fully saturated rings. The number of nitrogens with one attached hydrogen (secondary N) is 1. The summed E-state index contributed by atoms with van der Waals surface area (Å²) in [5, 5.41) is 12.2. The van der Waals surface area contributed by atoms with Crippen molar-refractivity contribution in [1.82, 2.24) is 5.32 Å². The van der Waals surface area contributed by atoms with E-state index in [1.165, 1.54) is 0 Å². The Morgan fingerprint density at radius 1 is 1.50 bits per heavy atom. The van der Waals surface area contributed by atoms with E-state index in [-0.39, 0.29) is 0 Å². The quantitative estimate of drug-likeness (QED) is 0.781. The molecule has 2 rings (SSSR count). The summed E-state index contributed by atoms with van der Waals surface area (Å²) in [6, 6.07) is 8.75. The molecule has 0 aliphatic carbocycles. The second-order valence-corrected chi connectivity index (χ2v) is 4.05. The zero-order valence-corrected chi connectivity index (χ0v) is 9.14. The lowest BCUT2D eigenvalue weighted by molar-refractivity contribution is -0.157. The van der Waals surface area contributed by atoms with Crippen LogP contribution in [0.25, 0.3) is 0 Å². The van der Waals surface area contributed by atoms with Gasteiger partial charge in [0.1, 0.15) is 11.6 Å². The maximum atomic E-state index is 11.2. The summed E-state index contributed by atoms with van der Waals surface area (Å²) in [5.41, 5.74) is 0.0836. The Morgan fingerprint density at radius 2 is 2.19 bits per heavy atom. The molecule has 2 N–H and O–H groups in total. The average molecular weight is 221 g/mol. The molecule has 1 aliphatic heterocycles. The topological polar surface area (TPSA) is 58.6 Å². The minimum Gasteiger partial charge on any atom is -0.480 e. The van der Waals surface area contributed by atoms with Crippen molar-refractivity contribution in [2.24, 2.45) is 0 Å². The zero-order chi connectivity index (χ0) is 11.6. The largest absolute Gasteiger partial charge is 0.480 e. The molecular weight excluding hydrogens is 206 g/mol. The van der Waals surface area contributed by atoms with Crippen LogP contribution in [-0.4, -0.2) is 30.3 Å². The number of rotatable bonds is 2. The zero-order valence-electron chi connectivity index (χ0n) is 9.14. The van der Waals surface area contributed by atoms with Gasteiger partial charge in [-0.05, 0) is 12.5 Å². The van der Waals surface area contributed by atoms with Gasteiger partial charge in [-0.2, -0.15) is 0 Å². The lowest BCUT2D eigenvalue weighted by atomic mass is 9.87. The van der Waals surface area contributed by atoms with Crippen molar-refractivity contribution in [2.45, 2.75) is 18.6 Å². The van der Waals surface area contributed by atoms with Crippen LogP contribution in [0.1, 0.15) is 12.5 Å². The molecule has 0 bridgehead atoms. The molecule has 0 spiro atoms. The van der Waals surface area contributed by atoms with E-state index in [9.17, 15) is 9.90 Å². The van der Waals surface area contributed by atoms with Gasteiger partial charge in [0.2, 0.25) is 0 Å². The Morgan fingerprint density at radius 3 is 2.81 bits per heavy atom. The van der Waals surface area contributed by atoms with E-state index >= 15 is 0 Å². The summed E-state index contributed by atoms with van der Waals surface area (Å²) in [6.07, 6.45) is 0. The molecule has 4 heteroatoms. The smallest absolute Gasteiger partial charge is 0.324 e. The lowest BCUT2D eigenvalue weighted by Crippen LogP contribution is -2.58. The second-order valence-electron chi connectivity index (χ2n) is 4.05. The van der Waals surface area contributed by atoms with Crippen molar-refractivity contribution in [3.05, 3.63) is 35.9 Å². The number of carbonyl (C=O) groups is 1. The monoisotopic (exact) mass is 221 g/mol. The van der Waals surface area contributed by atoms with Gasteiger partial charge in [-0.1, -0.05) is 30.3 Å². The molecule has 1 heterocycles. The van der Waals surface area contributed by atoms with E-state index in [4.69, 9.17) is 4.74 Å². The standard InChI is InChI=1S/C12H15NO3/c1-12(9-5-3-2-4-6-9)10(11(14)15)13-7-8-16-12/h2-6,10,13H,7-8H2,1H3,(H,14,15). The third-order valence-electron chi connectivity index (χ3n) is 3.00. The van der Waals surface area contributed by atoms with Gasteiger partial charge in [-0.15, -0.1) is 0 Å². The molecule has 86 valence electrons. The van der Waals surface area contributed by atoms with Gasteiger partial charge in [0, 0.05) is 6.54 Å². The van der Waals surface area contributed by atoms with Gasteiger partial charge in [-0.3, -0.25) is 10.1 Å². The van der Waals surface area contributed by atoms with E-state index in [2.05, 4.69) is 5.32 Å². The Hall–Kier alpha value is -1.39. The number of hydrogen-bond acceptors (Lipinski definition) is 3. The fourth-order valence-corrected chi connectivity index (χ4v) is 2.09. The molecule has 1 aromatic rings. The summed E-state index contributed by atoms with van der Waals surface area (Å²) < 4.78 is 5.68. The number of carboxylic acids is 1. The first-order valence-corrected chi connectivity index (χ1v) is 5.30. The van der Waals surface area contributed by atoms with Gasteiger partial charge in [0.05, 0.1) is 6.61 Å². The molecule has 1 aliphatic rings. The molecule has 0 saturated carbocycles. The number of benzene rings is 1. The number of morpholine rings is 1. The highest BCUT2D eigenvalue weighted by Gasteiger charge is 2.43. The summed E-state index contributed by atoms with van der Waals surface area (Å²) in [6.45, 7) is 2.90. The van der Waals surface area contributed by atoms with Crippen molar-refractivity contribution in [2.75, 3.05) is 13.2 Å². The Bertz CT molecular complexity index is 379. The van der Waals surface area contributed by atoms with Gasteiger partial charge in [0.25, 0.3) is 0 Å². The van der Waals surface area contributed by atoms with Crippen LogP contribution in [0.3, 0.4) is 0 Å². The SMILES string of the molecule is CC1(c2ccccc2)OCCNC1C(=O)O. The van der Waals surface area contributed by atoms with Crippen molar-refractivity contribution < 1.29 is 14.6 Å². The minimum atomic E-state index is -0.883. The Balaban J connectivity index is 2.37. The molecule has 0 aromatic heterocycles. The van der Waals surface area contributed by atoms with E-state index in [1.54, 1.807) is 0 Å². The van der Waals surface area contributed by atoms with Crippen LogP contribution in [0.15, 0.2) is 30.3 Å². The summed E-state index contributed by atoms with van der Waals surface area (Å²) in [7, 11) is 0. The van der Waals surface area contributed by atoms with Crippen LogP contribution in [0.4, 0.5) is 0 Å². The normalized spacial score (nSPS) is 29.9. The predicted molar refractivity (Wildman–Crippen MR) is 59.2 cm³/mol. The first kappa shape index (κ1) is 11.1. The number of aliphatic carboxylic acids is 1. The first-order chi connectivity index (χ1) is 7.64. The third kappa shape index (κ3) is 1.81. The van der Waals surface area contributed by atoms with Crippen molar-refractivity contribution in [3.8, 4) is 0 Å².